The van der Waals surface area contributed by atoms with Gasteiger partial charge in [0.1, 0.15) is 0 Å². The van der Waals surface area contributed by atoms with Crippen LogP contribution >= 0.6 is 11.6 Å². The Morgan fingerprint density at radius 1 is 1.37 bits per heavy atom. The van der Waals surface area contributed by atoms with Crippen molar-refractivity contribution in [3.05, 3.63) is 28.8 Å². The lowest BCUT2D eigenvalue weighted by Crippen LogP contribution is -3.10. The highest BCUT2D eigenvalue weighted by Gasteiger charge is 2.20. The van der Waals surface area contributed by atoms with E-state index in [1.165, 1.54) is 4.90 Å². The van der Waals surface area contributed by atoms with Gasteiger partial charge in [0.2, 0.25) is 0 Å². The first-order valence-corrected chi connectivity index (χ1v) is 7.07. The average molecular weight is 283 g/mol. The van der Waals surface area contributed by atoms with Crippen LogP contribution in [-0.4, -0.2) is 32.2 Å². The van der Waals surface area contributed by atoms with Gasteiger partial charge in [-0.25, -0.2) is 4.79 Å². The number of quaternary nitrogens is 1. The zero-order valence-corrected chi connectivity index (χ0v) is 12.2. The van der Waals surface area contributed by atoms with E-state index in [0.717, 1.165) is 37.2 Å². The Bertz CT molecular complexity index is 456. The molecule has 1 aromatic carbocycles. The van der Waals surface area contributed by atoms with Crippen molar-refractivity contribution in [3.8, 4) is 0 Å². The summed E-state index contributed by atoms with van der Waals surface area (Å²) >= 11 is 6.03. The second-order valence-electron chi connectivity index (χ2n) is 5.29. The molecule has 5 heteroatoms. The summed E-state index contributed by atoms with van der Waals surface area (Å²) in [6.45, 7) is 4.16. The summed E-state index contributed by atoms with van der Waals surface area (Å²) in [5.74, 6) is 0. The minimum atomic E-state index is -0.149. The first-order valence-electron chi connectivity index (χ1n) is 6.69. The number of anilines is 1. The van der Waals surface area contributed by atoms with E-state index in [0.29, 0.717) is 5.02 Å². The predicted octanol–water partition coefficient (Wildman–Crippen LogP) is 1.45. The predicted molar refractivity (Wildman–Crippen MR) is 78.0 cm³/mol. The number of nitrogens with one attached hydrogen (secondary N) is 3. The van der Waals surface area contributed by atoms with Crippen LogP contribution in [0.4, 0.5) is 10.5 Å². The fourth-order valence-electron chi connectivity index (χ4n) is 2.28. The van der Waals surface area contributed by atoms with Crippen molar-refractivity contribution in [3.63, 3.8) is 0 Å². The van der Waals surface area contributed by atoms with Gasteiger partial charge in [-0.1, -0.05) is 17.7 Å². The van der Waals surface area contributed by atoms with E-state index < -0.39 is 0 Å². The van der Waals surface area contributed by atoms with Crippen LogP contribution in [0.25, 0.3) is 0 Å². The summed E-state index contributed by atoms with van der Waals surface area (Å²) in [4.78, 5) is 13.4. The smallest absolute Gasteiger partial charge is 0.319 e. The van der Waals surface area contributed by atoms with Gasteiger partial charge in [-0.2, -0.15) is 0 Å². The zero-order valence-electron chi connectivity index (χ0n) is 11.4. The van der Waals surface area contributed by atoms with E-state index in [-0.39, 0.29) is 12.1 Å². The number of likely N-dealkylation sites (tertiary alicyclic amines) is 1. The standard InChI is InChI=1S/C14H20ClN3O/c1-10-3-4-12(9-13(10)15)17-14(19)16-11-5-7-18(2)8-6-11/h3-4,9,11H,5-8H2,1-2H3,(H2,16,17,19)/p+1. The van der Waals surface area contributed by atoms with Gasteiger partial charge in [0.05, 0.1) is 20.1 Å². The van der Waals surface area contributed by atoms with Gasteiger partial charge in [0.25, 0.3) is 0 Å². The van der Waals surface area contributed by atoms with Crippen LogP contribution in [0.1, 0.15) is 18.4 Å². The van der Waals surface area contributed by atoms with Crippen molar-refractivity contribution in [2.75, 3.05) is 25.5 Å². The molecule has 1 fully saturated rings. The van der Waals surface area contributed by atoms with Crippen molar-refractivity contribution in [2.45, 2.75) is 25.8 Å². The number of aryl methyl sites for hydroxylation is 1. The molecular weight excluding hydrogens is 262 g/mol. The summed E-state index contributed by atoms with van der Waals surface area (Å²) in [5.41, 5.74) is 1.73. The molecule has 3 N–H and O–H groups in total. The highest BCUT2D eigenvalue weighted by atomic mass is 35.5. The largest absolute Gasteiger partial charge is 0.337 e. The molecule has 0 atom stereocenters. The summed E-state index contributed by atoms with van der Waals surface area (Å²) in [6.07, 6.45) is 2.07. The zero-order chi connectivity index (χ0) is 13.8. The Morgan fingerprint density at radius 3 is 2.68 bits per heavy atom. The molecule has 0 unspecified atom stereocenters. The molecule has 104 valence electrons. The molecule has 1 heterocycles. The molecule has 1 saturated heterocycles. The third-order valence-electron chi connectivity index (χ3n) is 3.60. The minimum absolute atomic E-state index is 0.149. The average Bonchev–Trinajstić information content (AvgIpc) is 2.37. The highest BCUT2D eigenvalue weighted by molar-refractivity contribution is 6.31. The molecule has 1 aliphatic heterocycles. The van der Waals surface area contributed by atoms with Gasteiger partial charge in [0.15, 0.2) is 0 Å². The fraction of sp³-hybridized carbons (Fsp3) is 0.500. The van der Waals surface area contributed by atoms with Gasteiger partial charge in [-0.15, -0.1) is 0 Å². The number of amides is 2. The van der Waals surface area contributed by atoms with Crippen molar-refractivity contribution >= 4 is 23.3 Å². The molecule has 0 spiro atoms. The van der Waals surface area contributed by atoms with Crippen LogP contribution in [0.15, 0.2) is 18.2 Å². The first kappa shape index (κ1) is 14.2. The lowest BCUT2D eigenvalue weighted by molar-refractivity contribution is -0.884. The van der Waals surface area contributed by atoms with E-state index >= 15 is 0 Å². The molecule has 2 amide bonds. The number of piperidine rings is 1. The van der Waals surface area contributed by atoms with E-state index in [9.17, 15) is 4.79 Å². The Kier molecular flexibility index (Phi) is 4.66. The SMILES string of the molecule is Cc1ccc(NC(=O)NC2CC[NH+](C)CC2)cc1Cl. The Balaban J connectivity index is 1.85. The Labute approximate surface area is 119 Å². The van der Waals surface area contributed by atoms with Gasteiger partial charge in [0, 0.05) is 29.6 Å². The Hall–Kier alpha value is -1.26. The number of hydrogen-bond acceptors (Lipinski definition) is 1. The third-order valence-corrected chi connectivity index (χ3v) is 4.01. The number of carbonyl (C=O) groups is 1. The van der Waals surface area contributed by atoms with Gasteiger partial charge in [-0.3, -0.25) is 0 Å². The van der Waals surface area contributed by atoms with Gasteiger partial charge in [-0.05, 0) is 24.6 Å². The van der Waals surface area contributed by atoms with Crippen molar-refractivity contribution in [2.24, 2.45) is 0 Å². The topological polar surface area (TPSA) is 45.6 Å². The van der Waals surface area contributed by atoms with Crippen LogP contribution in [0.3, 0.4) is 0 Å². The molecular formula is C14H21ClN3O+. The van der Waals surface area contributed by atoms with Crippen LogP contribution < -0.4 is 15.5 Å². The Morgan fingerprint density at radius 2 is 2.05 bits per heavy atom. The van der Waals surface area contributed by atoms with E-state index in [2.05, 4.69) is 17.7 Å². The van der Waals surface area contributed by atoms with E-state index in [4.69, 9.17) is 11.6 Å². The molecule has 0 aromatic heterocycles. The van der Waals surface area contributed by atoms with Crippen molar-refractivity contribution in [1.82, 2.24) is 5.32 Å². The van der Waals surface area contributed by atoms with E-state index in [1.807, 2.05) is 19.1 Å². The van der Waals surface area contributed by atoms with Crippen LogP contribution in [0, 0.1) is 6.92 Å². The molecule has 0 saturated carbocycles. The second-order valence-corrected chi connectivity index (χ2v) is 5.70. The maximum absolute atomic E-state index is 11.9. The lowest BCUT2D eigenvalue weighted by Gasteiger charge is -2.27. The lowest BCUT2D eigenvalue weighted by atomic mass is 10.1. The molecule has 0 bridgehead atoms. The maximum Gasteiger partial charge on any atom is 0.319 e. The van der Waals surface area contributed by atoms with Gasteiger partial charge >= 0.3 is 6.03 Å². The van der Waals surface area contributed by atoms with Crippen LogP contribution in [-0.2, 0) is 0 Å². The molecule has 2 rings (SSSR count). The quantitative estimate of drug-likeness (QED) is 0.755. The number of urea groups is 1. The number of benzene rings is 1. The maximum atomic E-state index is 11.9. The van der Waals surface area contributed by atoms with Crippen molar-refractivity contribution in [1.29, 1.82) is 0 Å². The summed E-state index contributed by atoms with van der Waals surface area (Å²) < 4.78 is 0. The van der Waals surface area contributed by atoms with Crippen molar-refractivity contribution < 1.29 is 9.69 Å². The summed E-state index contributed by atoms with van der Waals surface area (Å²) in [6, 6.07) is 5.67. The number of carbonyl (C=O) groups excluding carboxylic acids is 1. The molecule has 19 heavy (non-hydrogen) atoms. The molecule has 4 nitrogen and oxygen atoms in total. The molecule has 1 aliphatic rings. The third kappa shape index (κ3) is 4.11. The normalized spacial score (nSPS) is 22.9. The molecule has 0 aliphatic carbocycles. The fourth-order valence-corrected chi connectivity index (χ4v) is 2.46. The monoisotopic (exact) mass is 282 g/mol. The van der Waals surface area contributed by atoms with E-state index in [1.54, 1.807) is 6.07 Å². The molecule has 1 aromatic rings. The highest BCUT2D eigenvalue weighted by Crippen LogP contribution is 2.19. The van der Waals surface area contributed by atoms with Crippen LogP contribution in [0.2, 0.25) is 5.02 Å². The summed E-state index contributed by atoms with van der Waals surface area (Å²) in [7, 11) is 2.19. The first-order chi connectivity index (χ1) is 9.04. The second kappa shape index (κ2) is 6.26. The number of halogens is 1. The van der Waals surface area contributed by atoms with Crippen LogP contribution in [0.5, 0.6) is 0 Å². The summed E-state index contributed by atoms with van der Waals surface area (Å²) in [5, 5.41) is 6.51. The number of rotatable bonds is 2. The minimum Gasteiger partial charge on any atom is -0.337 e. The number of hydrogen-bond donors (Lipinski definition) is 3. The molecule has 0 radical (unpaired) electrons. The van der Waals surface area contributed by atoms with Gasteiger partial charge < -0.3 is 15.5 Å².